The van der Waals surface area contributed by atoms with Gasteiger partial charge in [0.05, 0.1) is 10.4 Å². The molecule has 1 aliphatic rings. The Bertz CT molecular complexity index is 1030. The second-order valence-electron chi connectivity index (χ2n) is 8.26. The van der Waals surface area contributed by atoms with Crippen LogP contribution in [0.25, 0.3) is 0 Å². The number of aliphatic hydroxyl groups is 1. The normalized spacial score (nSPS) is 17.7. The fourth-order valence-electron chi connectivity index (χ4n) is 4.15. The number of anilines is 1. The van der Waals surface area contributed by atoms with Crippen molar-refractivity contribution in [1.82, 2.24) is 9.97 Å². The van der Waals surface area contributed by atoms with E-state index in [-0.39, 0.29) is 5.78 Å². The minimum atomic E-state index is 0.0112. The van der Waals surface area contributed by atoms with Crippen LogP contribution in [-0.2, 0) is 6.42 Å². The highest BCUT2D eigenvalue weighted by molar-refractivity contribution is 7.14. The van der Waals surface area contributed by atoms with Crippen LogP contribution in [-0.4, -0.2) is 34.0 Å². The van der Waals surface area contributed by atoms with Gasteiger partial charge in [0.15, 0.2) is 0 Å². The Morgan fingerprint density at radius 1 is 1.23 bits per heavy atom. The van der Waals surface area contributed by atoms with Crippen molar-refractivity contribution >= 4 is 22.9 Å². The molecule has 2 heterocycles. The largest absolute Gasteiger partial charge is 0.400 e. The number of thiophene rings is 1. The predicted molar refractivity (Wildman–Crippen MR) is 127 cm³/mol. The third-order valence-corrected chi connectivity index (χ3v) is 6.86. The van der Waals surface area contributed by atoms with Gasteiger partial charge in [0.25, 0.3) is 0 Å². The molecular weight excluding hydrogens is 406 g/mol. The highest BCUT2D eigenvalue weighted by Crippen LogP contribution is 2.31. The lowest BCUT2D eigenvalue weighted by Crippen LogP contribution is -2.19. The summed E-state index contributed by atoms with van der Waals surface area (Å²) < 4.78 is 0. The van der Waals surface area contributed by atoms with Crippen molar-refractivity contribution < 1.29 is 9.90 Å². The van der Waals surface area contributed by atoms with Gasteiger partial charge < -0.3 is 10.4 Å². The van der Waals surface area contributed by atoms with E-state index in [0.29, 0.717) is 17.4 Å². The summed E-state index contributed by atoms with van der Waals surface area (Å²) in [5, 5.41) is 10.5. The van der Waals surface area contributed by atoms with Crippen LogP contribution in [0.3, 0.4) is 0 Å². The molecule has 2 N–H and O–H groups in total. The highest BCUT2D eigenvalue weighted by Gasteiger charge is 2.25. The summed E-state index contributed by atoms with van der Waals surface area (Å²) in [5.74, 6) is 1.39. The molecule has 2 unspecified atom stereocenters. The fourth-order valence-corrected chi connectivity index (χ4v) is 5.31. The van der Waals surface area contributed by atoms with Crippen LogP contribution in [0.1, 0.15) is 63.0 Å². The maximum absolute atomic E-state index is 13.3. The van der Waals surface area contributed by atoms with E-state index in [0.717, 1.165) is 42.7 Å². The standard InChI is InChI=1S/C24H27N3OS.CH4O/c1-15-5-4-6-18(9-15)12-20-11-17(3)23(29-20)22(28)21-13-25-14-26-24(21)27-19-8-7-16(2)10-19;1-2/h4-6,9,11,13-14,16,19H,7-8,10,12H2,1-3H3,(H,25,26,27);2H,1H3. The van der Waals surface area contributed by atoms with Gasteiger partial charge in [0.2, 0.25) is 5.78 Å². The third kappa shape index (κ3) is 5.77. The molecule has 1 aromatic carbocycles. The monoisotopic (exact) mass is 437 g/mol. The smallest absolute Gasteiger partial charge is 0.208 e. The highest BCUT2D eigenvalue weighted by atomic mass is 32.1. The maximum Gasteiger partial charge on any atom is 0.208 e. The second kappa shape index (κ2) is 10.6. The number of hydrogen-bond donors (Lipinski definition) is 2. The first-order valence-corrected chi connectivity index (χ1v) is 11.5. The Labute approximate surface area is 188 Å². The molecule has 6 heteroatoms. The minimum Gasteiger partial charge on any atom is -0.400 e. The van der Waals surface area contributed by atoms with Crippen LogP contribution in [0.15, 0.2) is 42.9 Å². The van der Waals surface area contributed by atoms with Crippen molar-refractivity contribution in [2.45, 2.75) is 52.5 Å². The number of nitrogens with one attached hydrogen (secondary N) is 1. The van der Waals surface area contributed by atoms with Crippen LogP contribution in [0.2, 0.25) is 0 Å². The number of rotatable bonds is 6. The molecule has 0 spiro atoms. The quantitative estimate of drug-likeness (QED) is 0.519. The summed E-state index contributed by atoms with van der Waals surface area (Å²) in [4.78, 5) is 23.8. The molecule has 31 heavy (non-hydrogen) atoms. The van der Waals surface area contributed by atoms with Crippen LogP contribution < -0.4 is 5.32 Å². The molecule has 0 amide bonds. The zero-order valence-electron chi connectivity index (χ0n) is 18.7. The van der Waals surface area contributed by atoms with Gasteiger partial charge in [-0.25, -0.2) is 9.97 Å². The molecule has 4 rings (SSSR count). The first kappa shape index (κ1) is 23.1. The van der Waals surface area contributed by atoms with Crippen molar-refractivity contribution in [1.29, 1.82) is 0 Å². The average Bonchev–Trinajstić information content (AvgIpc) is 3.34. The van der Waals surface area contributed by atoms with E-state index in [1.807, 2.05) is 6.92 Å². The first-order chi connectivity index (χ1) is 15.0. The number of ketones is 1. The Kier molecular flexibility index (Phi) is 7.93. The third-order valence-electron chi connectivity index (χ3n) is 5.63. The summed E-state index contributed by atoms with van der Waals surface area (Å²) >= 11 is 1.58. The van der Waals surface area contributed by atoms with E-state index in [2.05, 4.69) is 59.5 Å². The number of aliphatic hydroxyl groups excluding tert-OH is 1. The molecule has 1 aliphatic carbocycles. The molecule has 0 saturated heterocycles. The van der Waals surface area contributed by atoms with Gasteiger partial charge in [-0.3, -0.25) is 4.79 Å². The summed E-state index contributed by atoms with van der Waals surface area (Å²) in [6, 6.07) is 11.0. The molecule has 3 aromatic rings. The summed E-state index contributed by atoms with van der Waals surface area (Å²) in [6.45, 7) is 6.39. The van der Waals surface area contributed by atoms with Gasteiger partial charge in [-0.05, 0) is 56.2 Å². The predicted octanol–water partition coefficient (Wildman–Crippen LogP) is 5.19. The summed E-state index contributed by atoms with van der Waals surface area (Å²) in [6.07, 6.45) is 7.47. The van der Waals surface area contributed by atoms with E-state index in [1.54, 1.807) is 17.5 Å². The number of benzene rings is 1. The molecule has 1 saturated carbocycles. The van der Waals surface area contributed by atoms with E-state index >= 15 is 0 Å². The molecule has 0 aliphatic heterocycles. The topological polar surface area (TPSA) is 75.1 Å². The van der Waals surface area contributed by atoms with Gasteiger partial charge in [-0.2, -0.15) is 0 Å². The molecule has 0 radical (unpaired) electrons. The van der Waals surface area contributed by atoms with E-state index < -0.39 is 0 Å². The number of hydrogen-bond acceptors (Lipinski definition) is 6. The lowest BCUT2D eigenvalue weighted by atomic mass is 10.1. The maximum atomic E-state index is 13.3. The lowest BCUT2D eigenvalue weighted by molar-refractivity contribution is 0.104. The molecule has 2 aromatic heterocycles. The number of carbonyl (C=O) groups is 1. The van der Waals surface area contributed by atoms with Crippen molar-refractivity contribution in [3.8, 4) is 0 Å². The average molecular weight is 438 g/mol. The van der Waals surface area contributed by atoms with E-state index in [9.17, 15) is 4.79 Å². The molecule has 164 valence electrons. The van der Waals surface area contributed by atoms with Crippen molar-refractivity contribution in [2.75, 3.05) is 12.4 Å². The zero-order chi connectivity index (χ0) is 22.4. The number of carbonyl (C=O) groups excluding carboxylic acids is 1. The Balaban J connectivity index is 0.00000132. The van der Waals surface area contributed by atoms with Crippen molar-refractivity contribution in [2.24, 2.45) is 5.92 Å². The Hall–Kier alpha value is -2.57. The second-order valence-corrected chi connectivity index (χ2v) is 9.40. The Morgan fingerprint density at radius 2 is 2.03 bits per heavy atom. The number of aryl methyl sites for hydroxylation is 2. The number of aromatic nitrogens is 2. The van der Waals surface area contributed by atoms with Crippen LogP contribution >= 0.6 is 11.3 Å². The molecule has 1 fully saturated rings. The van der Waals surface area contributed by atoms with Gasteiger partial charge in [0, 0.05) is 30.6 Å². The minimum absolute atomic E-state index is 0.0112. The molecular formula is C25H31N3O2S. The molecule has 5 nitrogen and oxygen atoms in total. The van der Waals surface area contributed by atoms with Crippen LogP contribution in [0.5, 0.6) is 0 Å². The van der Waals surface area contributed by atoms with Gasteiger partial charge in [-0.15, -0.1) is 11.3 Å². The van der Waals surface area contributed by atoms with Crippen molar-refractivity contribution in [3.63, 3.8) is 0 Å². The number of nitrogens with zero attached hydrogens (tertiary/aromatic N) is 2. The zero-order valence-corrected chi connectivity index (χ0v) is 19.5. The van der Waals surface area contributed by atoms with Gasteiger partial charge >= 0.3 is 0 Å². The SMILES string of the molecule is CO.Cc1cccc(Cc2cc(C)c(C(=O)c3cncnc3NC3CCC(C)C3)s2)c1. The fraction of sp³-hybridized carbons (Fsp3) is 0.400. The molecule has 2 atom stereocenters. The van der Waals surface area contributed by atoms with E-state index in [4.69, 9.17) is 5.11 Å². The summed E-state index contributed by atoms with van der Waals surface area (Å²) in [7, 11) is 1.00. The van der Waals surface area contributed by atoms with Gasteiger partial charge in [0.1, 0.15) is 12.1 Å². The van der Waals surface area contributed by atoms with Crippen LogP contribution in [0, 0.1) is 19.8 Å². The summed E-state index contributed by atoms with van der Waals surface area (Å²) in [5.41, 5.74) is 4.11. The molecule has 0 bridgehead atoms. The van der Waals surface area contributed by atoms with E-state index in [1.165, 1.54) is 28.8 Å². The van der Waals surface area contributed by atoms with Gasteiger partial charge in [-0.1, -0.05) is 36.8 Å². The first-order valence-electron chi connectivity index (χ1n) is 10.7. The van der Waals surface area contributed by atoms with Crippen molar-refractivity contribution in [3.05, 3.63) is 74.9 Å². The Morgan fingerprint density at radius 3 is 2.74 bits per heavy atom. The lowest BCUT2D eigenvalue weighted by Gasteiger charge is -2.15. The van der Waals surface area contributed by atoms with Crippen LogP contribution in [0.4, 0.5) is 5.82 Å².